The Balaban J connectivity index is 2.32. The summed E-state index contributed by atoms with van der Waals surface area (Å²) in [4.78, 5) is 0.261. The number of thioether (sulfide) groups is 1. The maximum atomic E-state index is 12.1. The molecule has 0 aliphatic rings. The first-order chi connectivity index (χ1) is 8.51. The second-order valence-corrected chi connectivity index (χ2v) is 5.49. The van der Waals surface area contributed by atoms with E-state index in [0.29, 0.717) is 0 Å². The molecule has 0 unspecified atom stereocenters. The summed E-state index contributed by atoms with van der Waals surface area (Å²) in [5, 5.41) is 0. The Hall–Kier alpha value is -0.640. The Kier molecular flexibility index (Phi) is 6.61. The molecule has 0 bridgehead atoms. The number of hydrogen-bond donors (Lipinski definition) is 0. The van der Waals surface area contributed by atoms with Gasteiger partial charge >= 0.3 is 5.51 Å². The van der Waals surface area contributed by atoms with Gasteiger partial charge < -0.3 is 0 Å². The molecule has 0 heterocycles. The van der Waals surface area contributed by atoms with E-state index in [1.165, 1.54) is 25.7 Å². The third kappa shape index (κ3) is 6.94. The lowest BCUT2D eigenvalue weighted by atomic mass is 10.1. The van der Waals surface area contributed by atoms with Gasteiger partial charge in [0, 0.05) is 4.90 Å². The summed E-state index contributed by atoms with van der Waals surface area (Å²) in [6, 6.07) is 6.71. The Labute approximate surface area is 111 Å². The minimum atomic E-state index is -4.19. The molecule has 0 atom stereocenters. The monoisotopic (exact) mass is 276 g/mol. The number of hydrogen-bond acceptors (Lipinski definition) is 1. The molecule has 0 aliphatic carbocycles. The lowest BCUT2D eigenvalue weighted by Gasteiger charge is -2.06. The zero-order valence-corrected chi connectivity index (χ0v) is 11.4. The van der Waals surface area contributed by atoms with Crippen LogP contribution in [0, 0.1) is 0 Å². The highest BCUT2D eigenvalue weighted by molar-refractivity contribution is 8.00. The molecule has 18 heavy (non-hydrogen) atoms. The summed E-state index contributed by atoms with van der Waals surface area (Å²) in [5.41, 5.74) is -3.07. The maximum absolute atomic E-state index is 12.1. The van der Waals surface area contributed by atoms with Crippen molar-refractivity contribution in [2.24, 2.45) is 0 Å². The number of alkyl halides is 3. The number of rotatable bonds is 7. The Morgan fingerprint density at radius 1 is 0.944 bits per heavy atom. The van der Waals surface area contributed by atoms with E-state index in [4.69, 9.17) is 0 Å². The van der Waals surface area contributed by atoms with Gasteiger partial charge in [0.25, 0.3) is 0 Å². The number of benzene rings is 1. The molecule has 0 aliphatic heterocycles. The van der Waals surface area contributed by atoms with E-state index in [9.17, 15) is 13.2 Å². The third-order valence-electron chi connectivity index (χ3n) is 2.73. The molecule has 0 amide bonds. The molecular formula is C14H19F3S. The van der Waals surface area contributed by atoms with E-state index >= 15 is 0 Å². The van der Waals surface area contributed by atoms with Gasteiger partial charge in [-0.05, 0) is 42.3 Å². The van der Waals surface area contributed by atoms with E-state index < -0.39 is 5.51 Å². The lowest BCUT2D eigenvalue weighted by molar-refractivity contribution is -0.0328. The zero-order chi connectivity index (χ0) is 13.4. The van der Waals surface area contributed by atoms with Gasteiger partial charge in [0.1, 0.15) is 0 Å². The van der Waals surface area contributed by atoms with Crippen LogP contribution in [-0.4, -0.2) is 5.51 Å². The Bertz CT molecular complexity index is 330. The predicted octanol–water partition coefficient (Wildman–Crippen LogP) is 5.81. The first-order valence-electron chi connectivity index (χ1n) is 6.36. The standard InChI is InChI=1S/C14H19F3S/c1-2-3-4-5-6-7-12-8-10-13(11-9-12)18-14(15,16)17/h8-11H,2-7H2,1H3. The van der Waals surface area contributed by atoms with Crippen molar-refractivity contribution in [1.82, 2.24) is 0 Å². The average Bonchev–Trinajstić information content (AvgIpc) is 2.29. The van der Waals surface area contributed by atoms with E-state index in [0.717, 1.165) is 18.4 Å². The van der Waals surface area contributed by atoms with Gasteiger partial charge in [-0.25, -0.2) is 0 Å². The number of unbranched alkanes of at least 4 members (excludes halogenated alkanes) is 4. The largest absolute Gasteiger partial charge is 0.446 e. The molecule has 0 nitrogen and oxygen atoms in total. The van der Waals surface area contributed by atoms with Crippen molar-refractivity contribution in [2.45, 2.75) is 55.9 Å². The van der Waals surface area contributed by atoms with Gasteiger partial charge in [-0.15, -0.1) is 0 Å². The molecule has 0 saturated carbocycles. The highest BCUT2D eigenvalue weighted by Crippen LogP contribution is 2.36. The van der Waals surface area contributed by atoms with Gasteiger partial charge in [0.15, 0.2) is 0 Å². The van der Waals surface area contributed by atoms with Crippen LogP contribution in [0.3, 0.4) is 0 Å². The smallest absolute Gasteiger partial charge is 0.160 e. The van der Waals surface area contributed by atoms with Crippen molar-refractivity contribution in [1.29, 1.82) is 0 Å². The van der Waals surface area contributed by atoms with Crippen molar-refractivity contribution in [3.05, 3.63) is 29.8 Å². The SMILES string of the molecule is CCCCCCCc1ccc(SC(F)(F)F)cc1. The zero-order valence-electron chi connectivity index (χ0n) is 10.6. The Morgan fingerprint density at radius 3 is 2.11 bits per heavy atom. The first-order valence-corrected chi connectivity index (χ1v) is 7.17. The summed E-state index contributed by atoms with van der Waals surface area (Å²) in [6.45, 7) is 2.18. The maximum Gasteiger partial charge on any atom is 0.446 e. The van der Waals surface area contributed by atoms with Gasteiger partial charge in [0.05, 0.1) is 0 Å². The highest BCUT2D eigenvalue weighted by Gasteiger charge is 2.28. The Morgan fingerprint density at radius 2 is 1.56 bits per heavy atom. The van der Waals surface area contributed by atoms with Gasteiger partial charge in [-0.1, -0.05) is 44.7 Å². The molecule has 1 rings (SSSR count). The van der Waals surface area contributed by atoms with Crippen molar-refractivity contribution in [2.75, 3.05) is 0 Å². The van der Waals surface area contributed by atoms with Gasteiger partial charge in [-0.2, -0.15) is 13.2 Å². The van der Waals surface area contributed by atoms with Crippen LogP contribution in [-0.2, 0) is 6.42 Å². The molecule has 0 saturated heterocycles. The van der Waals surface area contributed by atoms with Crippen molar-refractivity contribution in [3.63, 3.8) is 0 Å². The second kappa shape index (κ2) is 7.72. The third-order valence-corrected chi connectivity index (χ3v) is 3.47. The molecule has 0 fully saturated rings. The fourth-order valence-corrected chi connectivity index (χ4v) is 2.33. The van der Waals surface area contributed by atoms with E-state index in [1.54, 1.807) is 24.3 Å². The average molecular weight is 276 g/mol. The molecule has 0 spiro atoms. The predicted molar refractivity (Wildman–Crippen MR) is 70.8 cm³/mol. The molecule has 1 aromatic rings. The molecule has 4 heteroatoms. The van der Waals surface area contributed by atoms with Crippen LogP contribution in [0.2, 0.25) is 0 Å². The molecule has 0 aromatic heterocycles. The van der Waals surface area contributed by atoms with Gasteiger partial charge in [0.2, 0.25) is 0 Å². The lowest BCUT2D eigenvalue weighted by Crippen LogP contribution is -1.98. The second-order valence-electron chi connectivity index (χ2n) is 4.36. The topological polar surface area (TPSA) is 0 Å². The van der Waals surface area contributed by atoms with Crippen LogP contribution >= 0.6 is 11.8 Å². The molecule has 102 valence electrons. The van der Waals surface area contributed by atoms with Crippen molar-refractivity contribution in [3.8, 4) is 0 Å². The summed E-state index contributed by atoms with van der Waals surface area (Å²) < 4.78 is 36.4. The fraction of sp³-hybridized carbons (Fsp3) is 0.571. The van der Waals surface area contributed by atoms with E-state index in [-0.39, 0.29) is 16.7 Å². The van der Waals surface area contributed by atoms with E-state index in [1.807, 2.05) is 0 Å². The minimum absolute atomic E-state index is 0.0556. The van der Waals surface area contributed by atoms with Crippen LogP contribution in [0.25, 0.3) is 0 Å². The highest BCUT2D eigenvalue weighted by atomic mass is 32.2. The van der Waals surface area contributed by atoms with Crippen LogP contribution in [0.15, 0.2) is 29.2 Å². The van der Waals surface area contributed by atoms with E-state index in [2.05, 4.69) is 6.92 Å². The van der Waals surface area contributed by atoms with Crippen LogP contribution in [0.5, 0.6) is 0 Å². The summed E-state index contributed by atoms with van der Waals surface area (Å²) in [7, 11) is 0. The van der Waals surface area contributed by atoms with Crippen LogP contribution in [0.1, 0.15) is 44.6 Å². The van der Waals surface area contributed by atoms with Crippen molar-refractivity contribution < 1.29 is 13.2 Å². The van der Waals surface area contributed by atoms with Crippen LogP contribution in [0.4, 0.5) is 13.2 Å². The van der Waals surface area contributed by atoms with Crippen molar-refractivity contribution >= 4 is 11.8 Å². The fourth-order valence-electron chi connectivity index (χ4n) is 1.79. The summed E-state index contributed by atoms with van der Waals surface area (Å²) >= 11 is -0.0556. The summed E-state index contributed by atoms with van der Waals surface area (Å²) in [5.74, 6) is 0. The molecule has 0 radical (unpaired) electrons. The molecule has 0 N–H and O–H groups in total. The quantitative estimate of drug-likeness (QED) is 0.447. The number of aryl methyl sites for hydroxylation is 1. The minimum Gasteiger partial charge on any atom is -0.160 e. The molecule has 1 aromatic carbocycles. The summed E-state index contributed by atoms with van der Waals surface area (Å²) in [6.07, 6.45) is 7.02. The van der Waals surface area contributed by atoms with Crippen LogP contribution < -0.4 is 0 Å². The van der Waals surface area contributed by atoms with Gasteiger partial charge in [-0.3, -0.25) is 0 Å². The normalized spacial score (nSPS) is 11.8. The first kappa shape index (κ1) is 15.4. The molecular weight excluding hydrogens is 257 g/mol. The number of halogens is 3.